The zero-order valence-electron chi connectivity index (χ0n) is 15.2. The van der Waals surface area contributed by atoms with Gasteiger partial charge in [-0.1, -0.05) is 62.7 Å². The van der Waals surface area contributed by atoms with Gasteiger partial charge >= 0.3 is 0 Å². The minimum atomic E-state index is 0.130. The highest BCUT2D eigenvalue weighted by molar-refractivity contribution is 5.54. The van der Waals surface area contributed by atoms with Crippen molar-refractivity contribution in [1.29, 1.82) is 0 Å². The van der Waals surface area contributed by atoms with Crippen molar-refractivity contribution in [3.63, 3.8) is 0 Å². The number of ether oxygens (including phenoxy) is 1. The fourth-order valence-corrected chi connectivity index (χ4v) is 5.84. The quantitative estimate of drug-likeness (QED) is 0.694. The molecule has 0 saturated heterocycles. The Morgan fingerprint density at radius 2 is 1.60 bits per heavy atom. The molecule has 2 aliphatic carbocycles. The van der Waals surface area contributed by atoms with Crippen molar-refractivity contribution in [2.45, 2.75) is 39.5 Å². The van der Waals surface area contributed by atoms with Gasteiger partial charge in [0.1, 0.15) is 5.75 Å². The van der Waals surface area contributed by atoms with Crippen LogP contribution in [0.1, 0.15) is 49.8 Å². The molecule has 2 saturated carbocycles. The molecule has 128 valence electrons. The van der Waals surface area contributed by atoms with E-state index in [0.29, 0.717) is 5.92 Å². The second kappa shape index (κ2) is 5.62. The maximum Gasteiger partial charge on any atom is 0.122 e. The summed E-state index contributed by atoms with van der Waals surface area (Å²) in [5, 5.41) is 0. The topological polar surface area (TPSA) is 9.23 Å². The Bertz CT molecular complexity index is 776. The molecule has 1 heteroatoms. The van der Waals surface area contributed by atoms with E-state index < -0.39 is 0 Å². The molecule has 2 aromatic carbocycles. The van der Waals surface area contributed by atoms with Gasteiger partial charge in [-0.2, -0.15) is 0 Å². The molecule has 5 rings (SSSR count). The molecule has 1 aliphatic heterocycles. The van der Waals surface area contributed by atoms with Crippen LogP contribution in [0.25, 0.3) is 0 Å². The van der Waals surface area contributed by atoms with Gasteiger partial charge in [0.05, 0.1) is 6.61 Å². The van der Waals surface area contributed by atoms with Gasteiger partial charge in [-0.25, -0.2) is 0 Å². The molecule has 0 spiro atoms. The molecule has 25 heavy (non-hydrogen) atoms. The van der Waals surface area contributed by atoms with Gasteiger partial charge in [-0.15, -0.1) is 0 Å². The highest BCUT2D eigenvalue weighted by Gasteiger charge is 2.58. The second-order valence-corrected chi connectivity index (χ2v) is 8.38. The Balaban J connectivity index is 1.60. The summed E-state index contributed by atoms with van der Waals surface area (Å²) in [6, 6.07) is 18.1. The van der Waals surface area contributed by atoms with Crippen LogP contribution in [0.15, 0.2) is 48.5 Å². The summed E-state index contributed by atoms with van der Waals surface area (Å²) < 4.78 is 5.73. The first-order valence-corrected chi connectivity index (χ1v) is 9.72. The van der Waals surface area contributed by atoms with Crippen molar-refractivity contribution in [2.75, 3.05) is 6.61 Å². The standard InChI is InChI=1S/C24H26O/c1-24(2)22(16-7-4-3-5-8-16)19-9-6-10-20(19)23(24)18-11-12-21-17(15-18)13-14-25-21/h3-5,7-8,11-12,15,19-20H,6,9-10,13-14H2,1-2H3. The summed E-state index contributed by atoms with van der Waals surface area (Å²) in [5.41, 5.74) is 4.43. The van der Waals surface area contributed by atoms with Crippen molar-refractivity contribution in [2.24, 2.45) is 17.3 Å². The van der Waals surface area contributed by atoms with Crippen LogP contribution in [0.5, 0.6) is 5.75 Å². The number of fused-ring (bicyclic) bond motifs is 2. The molecule has 2 radical (unpaired) electrons. The van der Waals surface area contributed by atoms with Gasteiger partial charge in [-0.3, -0.25) is 0 Å². The molecule has 0 bridgehead atoms. The summed E-state index contributed by atoms with van der Waals surface area (Å²) in [7, 11) is 0. The predicted molar refractivity (Wildman–Crippen MR) is 101 cm³/mol. The first-order valence-electron chi connectivity index (χ1n) is 9.72. The zero-order valence-corrected chi connectivity index (χ0v) is 15.2. The molecule has 0 N–H and O–H groups in total. The Morgan fingerprint density at radius 3 is 2.36 bits per heavy atom. The van der Waals surface area contributed by atoms with Crippen LogP contribution >= 0.6 is 0 Å². The average Bonchev–Trinajstić information content (AvgIpc) is 3.29. The molecule has 2 fully saturated rings. The molecule has 1 nitrogen and oxygen atoms in total. The molecule has 0 amide bonds. The summed E-state index contributed by atoms with van der Waals surface area (Å²) in [6.07, 6.45) is 5.10. The summed E-state index contributed by atoms with van der Waals surface area (Å²) >= 11 is 0. The number of rotatable bonds is 2. The maximum atomic E-state index is 5.73. The van der Waals surface area contributed by atoms with Crippen molar-refractivity contribution in [1.82, 2.24) is 0 Å². The smallest absolute Gasteiger partial charge is 0.122 e. The second-order valence-electron chi connectivity index (χ2n) is 8.38. The van der Waals surface area contributed by atoms with E-state index >= 15 is 0 Å². The zero-order chi connectivity index (χ0) is 17.0. The Kier molecular flexibility index (Phi) is 3.48. The molecular formula is C24H26O. The fourth-order valence-electron chi connectivity index (χ4n) is 5.84. The molecular weight excluding hydrogens is 304 g/mol. The SMILES string of the molecule is CC1(C)[C](c2ccccc2)C2CCCC2[C]1c1ccc2c(c1)CCO2. The van der Waals surface area contributed by atoms with E-state index in [1.807, 2.05) is 0 Å². The Hall–Kier alpha value is -1.76. The number of hydrogen-bond donors (Lipinski definition) is 0. The van der Waals surface area contributed by atoms with Gasteiger partial charge in [0.15, 0.2) is 0 Å². The first kappa shape index (κ1) is 15.5. The lowest BCUT2D eigenvalue weighted by Crippen LogP contribution is -2.26. The molecule has 3 aliphatic rings. The molecule has 2 unspecified atom stereocenters. The van der Waals surface area contributed by atoms with Gasteiger partial charge in [0, 0.05) is 18.3 Å². The third-order valence-electron chi connectivity index (χ3n) is 6.69. The van der Waals surface area contributed by atoms with Crippen LogP contribution in [0.4, 0.5) is 0 Å². The summed E-state index contributed by atoms with van der Waals surface area (Å²) in [5.74, 6) is 5.86. The van der Waals surface area contributed by atoms with E-state index in [-0.39, 0.29) is 5.41 Å². The molecule has 0 aromatic heterocycles. The van der Waals surface area contributed by atoms with Crippen LogP contribution < -0.4 is 4.74 Å². The maximum absolute atomic E-state index is 5.73. The van der Waals surface area contributed by atoms with Gasteiger partial charge < -0.3 is 4.74 Å². The lowest BCUT2D eigenvalue weighted by atomic mass is 9.68. The molecule has 1 heterocycles. The third kappa shape index (κ3) is 2.28. The largest absolute Gasteiger partial charge is 0.493 e. The minimum absolute atomic E-state index is 0.130. The van der Waals surface area contributed by atoms with Gasteiger partial charge in [0.25, 0.3) is 0 Å². The average molecular weight is 330 g/mol. The van der Waals surface area contributed by atoms with Crippen molar-refractivity contribution < 1.29 is 4.74 Å². The fraction of sp³-hybridized carbons (Fsp3) is 0.417. The first-order chi connectivity index (χ1) is 12.2. The van der Waals surface area contributed by atoms with Crippen molar-refractivity contribution >= 4 is 0 Å². The number of hydrogen-bond acceptors (Lipinski definition) is 1. The van der Waals surface area contributed by atoms with E-state index in [1.165, 1.54) is 36.0 Å². The number of benzene rings is 2. The van der Waals surface area contributed by atoms with Crippen molar-refractivity contribution in [3.8, 4) is 5.75 Å². The van der Waals surface area contributed by atoms with E-state index in [2.05, 4.69) is 62.4 Å². The minimum Gasteiger partial charge on any atom is -0.493 e. The Morgan fingerprint density at radius 1 is 0.880 bits per heavy atom. The summed E-state index contributed by atoms with van der Waals surface area (Å²) in [6.45, 7) is 5.74. The lowest BCUT2D eigenvalue weighted by molar-refractivity contribution is 0.356. The van der Waals surface area contributed by atoms with Gasteiger partial charge in [-0.05, 0) is 52.8 Å². The normalized spacial score (nSPS) is 27.9. The van der Waals surface area contributed by atoms with Crippen molar-refractivity contribution in [3.05, 3.63) is 77.1 Å². The molecule has 2 atom stereocenters. The lowest BCUT2D eigenvalue weighted by Gasteiger charge is -2.35. The van der Waals surface area contributed by atoms with Crippen LogP contribution in [-0.4, -0.2) is 6.61 Å². The predicted octanol–water partition coefficient (Wildman–Crippen LogP) is 5.62. The summed E-state index contributed by atoms with van der Waals surface area (Å²) in [4.78, 5) is 0. The third-order valence-corrected chi connectivity index (χ3v) is 6.69. The Labute approximate surface area is 151 Å². The van der Waals surface area contributed by atoms with Gasteiger partial charge in [0.2, 0.25) is 0 Å². The highest BCUT2D eigenvalue weighted by atomic mass is 16.5. The van der Waals surface area contributed by atoms with E-state index in [9.17, 15) is 0 Å². The molecule has 2 aromatic rings. The monoisotopic (exact) mass is 330 g/mol. The van der Waals surface area contributed by atoms with Crippen LogP contribution in [0, 0.1) is 29.1 Å². The van der Waals surface area contributed by atoms with Crippen LogP contribution in [0.3, 0.4) is 0 Å². The van der Waals surface area contributed by atoms with Crippen LogP contribution in [-0.2, 0) is 6.42 Å². The van der Waals surface area contributed by atoms with E-state index in [4.69, 9.17) is 4.74 Å². The van der Waals surface area contributed by atoms with Crippen LogP contribution in [0.2, 0.25) is 0 Å². The van der Waals surface area contributed by atoms with E-state index in [0.717, 1.165) is 24.7 Å². The highest BCUT2D eigenvalue weighted by Crippen LogP contribution is 2.66. The van der Waals surface area contributed by atoms with E-state index in [1.54, 1.807) is 11.8 Å².